The molecule has 1 aliphatic rings. The highest BCUT2D eigenvalue weighted by atomic mass is 79.9. The van der Waals surface area contributed by atoms with E-state index in [1.54, 1.807) is 12.1 Å². The second-order valence-electron chi connectivity index (χ2n) is 3.69. The van der Waals surface area contributed by atoms with Crippen molar-refractivity contribution in [2.75, 3.05) is 16.8 Å². The molecular formula is C11H13BrFNS. The largest absolute Gasteiger partial charge is 0.381 e. The predicted molar refractivity (Wildman–Crippen MR) is 68.1 cm³/mol. The molecule has 1 nitrogen and oxygen atoms in total. The highest BCUT2D eigenvalue weighted by Gasteiger charge is 2.13. The van der Waals surface area contributed by atoms with Crippen molar-refractivity contribution in [1.29, 1.82) is 0 Å². The van der Waals surface area contributed by atoms with Crippen molar-refractivity contribution in [3.8, 4) is 0 Å². The van der Waals surface area contributed by atoms with Crippen molar-refractivity contribution in [2.45, 2.75) is 18.9 Å². The highest BCUT2D eigenvalue weighted by molar-refractivity contribution is 9.10. The van der Waals surface area contributed by atoms with Crippen LogP contribution in [-0.4, -0.2) is 17.5 Å². The molecule has 0 bridgehead atoms. The van der Waals surface area contributed by atoms with E-state index in [2.05, 4.69) is 21.2 Å². The zero-order valence-corrected chi connectivity index (χ0v) is 10.7. The summed E-state index contributed by atoms with van der Waals surface area (Å²) in [6, 6.07) is 5.61. The Labute approximate surface area is 102 Å². The molecule has 4 heteroatoms. The molecule has 1 aromatic rings. The maximum atomic E-state index is 13.0. The van der Waals surface area contributed by atoms with Crippen molar-refractivity contribution < 1.29 is 4.39 Å². The van der Waals surface area contributed by atoms with Gasteiger partial charge in [-0.2, -0.15) is 11.8 Å². The van der Waals surface area contributed by atoms with Gasteiger partial charge in [0.1, 0.15) is 5.82 Å². The average Bonchev–Trinajstić information content (AvgIpc) is 2.25. The van der Waals surface area contributed by atoms with Crippen molar-refractivity contribution in [1.82, 2.24) is 0 Å². The summed E-state index contributed by atoms with van der Waals surface area (Å²) in [6.07, 6.45) is 2.48. The van der Waals surface area contributed by atoms with E-state index in [1.165, 1.54) is 24.7 Å². The molecule has 2 rings (SSSR count). The first-order valence-corrected chi connectivity index (χ1v) is 7.00. The van der Waals surface area contributed by atoms with Gasteiger partial charge in [0.25, 0.3) is 0 Å². The van der Waals surface area contributed by atoms with Crippen LogP contribution in [0.4, 0.5) is 10.1 Å². The van der Waals surface area contributed by atoms with Gasteiger partial charge in [-0.3, -0.25) is 0 Å². The number of nitrogens with one attached hydrogen (secondary N) is 1. The van der Waals surface area contributed by atoms with E-state index in [0.29, 0.717) is 10.5 Å². The molecule has 0 radical (unpaired) electrons. The zero-order chi connectivity index (χ0) is 10.7. The topological polar surface area (TPSA) is 12.0 Å². The van der Waals surface area contributed by atoms with Crippen LogP contribution in [0.1, 0.15) is 12.8 Å². The van der Waals surface area contributed by atoms with E-state index >= 15 is 0 Å². The molecule has 15 heavy (non-hydrogen) atoms. The number of anilines is 1. The van der Waals surface area contributed by atoms with Gasteiger partial charge in [-0.1, -0.05) is 0 Å². The van der Waals surface area contributed by atoms with Crippen LogP contribution in [0.5, 0.6) is 0 Å². The van der Waals surface area contributed by atoms with E-state index in [-0.39, 0.29) is 5.82 Å². The van der Waals surface area contributed by atoms with Gasteiger partial charge in [-0.25, -0.2) is 4.39 Å². The lowest BCUT2D eigenvalue weighted by Crippen LogP contribution is -2.25. The minimum Gasteiger partial charge on any atom is -0.381 e. The molecule has 0 aliphatic carbocycles. The Morgan fingerprint density at radius 1 is 1.47 bits per heavy atom. The Morgan fingerprint density at radius 2 is 2.33 bits per heavy atom. The standard InChI is InChI=1S/C11H13BrFNS/c12-10-6-8(3-4-11(10)13)14-9-2-1-5-15-7-9/h3-4,6,9,14H,1-2,5,7H2. The molecule has 82 valence electrons. The summed E-state index contributed by atoms with van der Waals surface area (Å²) in [5.74, 6) is 2.21. The lowest BCUT2D eigenvalue weighted by molar-refractivity contribution is 0.620. The summed E-state index contributed by atoms with van der Waals surface area (Å²) in [4.78, 5) is 0. The minimum atomic E-state index is -0.210. The van der Waals surface area contributed by atoms with Gasteiger partial charge >= 0.3 is 0 Å². The van der Waals surface area contributed by atoms with Gasteiger partial charge in [-0.15, -0.1) is 0 Å². The first-order valence-electron chi connectivity index (χ1n) is 5.05. The number of hydrogen-bond acceptors (Lipinski definition) is 2. The summed E-state index contributed by atoms with van der Waals surface area (Å²) in [6.45, 7) is 0. The Kier molecular flexibility index (Phi) is 3.92. The summed E-state index contributed by atoms with van der Waals surface area (Å²) >= 11 is 5.17. The average molecular weight is 290 g/mol. The summed E-state index contributed by atoms with van der Waals surface area (Å²) in [5.41, 5.74) is 0.996. The Balaban J connectivity index is 2.00. The molecule has 1 fully saturated rings. The van der Waals surface area contributed by atoms with Crippen molar-refractivity contribution in [3.05, 3.63) is 28.5 Å². The Hall–Kier alpha value is -0.220. The highest BCUT2D eigenvalue weighted by Crippen LogP contribution is 2.24. The third-order valence-electron chi connectivity index (χ3n) is 2.45. The lowest BCUT2D eigenvalue weighted by Gasteiger charge is -2.23. The van der Waals surface area contributed by atoms with E-state index < -0.39 is 0 Å². The fraction of sp³-hybridized carbons (Fsp3) is 0.455. The van der Waals surface area contributed by atoms with Gasteiger partial charge < -0.3 is 5.32 Å². The van der Waals surface area contributed by atoms with E-state index in [4.69, 9.17) is 0 Å². The maximum Gasteiger partial charge on any atom is 0.137 e. The summed E-state index contributed by atoms with van der Waals surface area (Å²) in [7, 11) is 0. The van der Waals surface area contributed by atoms with Crippen LogP contribution in [0.3, 0.4) is 0 Å². The molecule has 1 unspecified atom stereocenters. The fourth-order valence-corrected chi connectivity index (χ4v) is 3.13. The van der Waals surface area contributed by atoms with Crippen molar-refractivity contribution in [2.24, 2.45) is 0 Å². The Morgan fingerprint density at radius 3 is 3.00 bits per heavy atom. The van der Waals surface area contributed by atoms with Crippen LogP contribution in [0.15, 0.2) is 22.7 Å². The molecule has 1 aromatic carbocycles. The third kappa shape index (κ3) is 3.11. The third-order valence-corrected chi connectivity index (χ3v) is 4.27. The smallest absolute Gasteiger partial charge is 0.137 e. The van der Waals surface area contributed by atoms with E-state index in [9.17, 15) is 4.39 Å². The Bertz CT molecular complexity index is 339. The number of halogens is 2. The zero-order valence-electron chi connectivity index (χ0n) is 8.30. The van der Waals surface area contributed by atoms with E-state index in [1.807, 2.05) is 11.8 Å². The quantitative estimate of drug-likeness (QED) is 0.886. The van der Waals surface area contributed by atoms with Crippen LogP contribution in [-0.2, 0) is 0 Å². The summed E-state index contributed by atoms with van der Waals surface area (Å²) < 4.78 is 13.5. The monoisotopic (exact) mass is 289 g/mol. The molecule has 0 saturated carbocycles. The van der Waals surface area contributed by atoms with Gasteiger partial charge in [0.05, 0.1) is 4.47 Å². The number of benzene rings is 1. The van der Waals surface area contributed by atoms with E-state index in [0.717, 1.165) is 11.4 Å². The van der Waals surface area contributed by atoms with Crippen LogP contribution in [0.2, 0.25) is 0 Å². The molecule has 0 amide bonds. The molecule has 1 heterocycles. The molecule has 0 spiro atoms. The minimum absolute atomic E-state index is 0.210. The molecule has 1 atom stereocenters. The van der Waals surface area contributed by atoms with Crippen LogP contribution in [0.25, 0.3) is 0 Å². The first kappa shape index (κ1) is 11.3. The molecule has 1 saturated heterocycles. The first-order chi connectivity index (χ1) is 7.25. The fourth-order valence-electron chi connectivity index (χ4n) is 1.68. The van der Waals surface area contributed by atoms with Gasteiger partial charge in [0.15, 0.2) is 0 Å². The number of rotatable bonds is 2. The van der Waals surface area contributed by atoms with Crippen LogP contribution >= 0.6 is 27.7 Å². The number of hydrogen-bond donors (Lipinski definition) is 1. The predicted octanol–water partition coefficient (Wildman–Crippen LogP) is 3.90. The maximum absolute atomic E-state index is 13.0. The molecule has 0 aromatic heterocycles. The van der Waals surface area contributed by atoms with Crippen LogP contribution < -0.4 is 5.32 Å². The molecule has 1 N–H and O–H groups in total. The van der Waals surface area contributed by atoms with Gasteiger partial charge in [0, 0.05) is 17.5 Å². The normalized spacial score (nSPS) is 21.3. The lowest BCUT2D eigenvalue weighted by atomic mass is 10.1. The second-order valence-corrected chi connectivity index (χ2v) is 5.69. The molecular weight excluding hydrogens is 277 g/mol. The van der Waals surface area contributed by atoms with Crippen LogP contribution in [0, 0.1) is 5.82 Å². The molecule has 1 aliphatic heterocycles. The second kappa shape index (κ2) is 5.21. The SMILES string of the molecule is Fc1ccc(NC2CCCSC2)cc1Br. The summed E-state index contributed by atoms with van der Waals surface area (Å²) in [5, 5.41) is 3.43. The van der Waals surface area contributed by atoms with Crippen molar-refractivity contribution in [3.63, 3.8) is 0 Å². The number of thioether (sulfide) groups is 1. The van der Waals surface area contributed by atoms with Gasteiger partial charge in [0.2, 0.25) is 0 Å². The van der Waals surface area contributed by atoms with Gasteiger partial charge in [-0.05, 0) is 52.7 Å². The van der Waals surface area contributed by atoms with Crippen molar-refractivity contribution >= 4 is 33.4 Å².